The highest BCUT2D eigenvalue weighted by atomic mass is 16.1. The molecule has 1 radical (unpaired) electrons. The Morgan fingerprint density at radius 1 is 1.54 bits per heavy atom. The Bertz CT molecular complexity index is 409. The molecule has 1 aromatic heterocycles. The number of allylic oxidation sites excluding steroid dienone is 1. The summed E-state index contributed by atoms with van der Waals surface area (Å²) in [6.07, 6.45) is 3.22. The van der Waals surface area contributed by atoms with Crippen LogP contribution in [0.5, 0.6) is 0 Å². The van der Waals surface area contributed by atoms with Gasteiger partial charge in [0, 0.05) is 18.0 Å². The molecule has 0 saturated heterocycles. The Hall–Kier alpha value is -1.84. The molecule has 0 fully saturated rings. The Morgan fingerprint density at radius 2 is 2.31 bits per heavy atom. The van der Waals surface area contributed by atoms with E-state index in [4.69, 9.17) is 5.73 Å². The van der Waals surface area contributed by atoms with Crippen molar-refractivity contribution in [2.45, 2.75) is 6.92 Å². The molecule has 1 amide bonds. The van der Waals surface area contributed by atoms with E-state index in [1.807, 2.05) is 6.92 Å². The Kier molecular flexibility index (Phi) is 1.55. The second-order valence-corrected chi connectivity index (χ2v) is 2.86. The molecule has 2 heterocycles. The molecule has 0 aliphatic carbocycles. The van der Waals surface area contributed by atoms with E-state index >= 15 is 0 Å². The summed E-state index contributed by atoms with van der Waals surface area (Å²) in [5, 5.41) is 4.04. The summed E-state index contributed by atoms with van der Waals surface area (Å²) in [4.78, 5) is 15.1. The van der Waals surface area contributed by atoms with Crippen LogP contribution in [0, 0.1) is 0 Å². The number of hydrogen-bond acceptors (Lipinski definition) is 2. The van der Waals surface area contributed by atoms with E-state index in [1.54, 1.807) is 12.3 Å². The normalized spacial score (nSPS) is 13.2. The molecule has 13 heavy (non-hydrogen) atoms. The molecular weight excluding hydrogens is 166 g/mol. The summed E-state index contributed by atoms with van der Waals surface area (Å²) >= 11 is 0. The number of nitrogens with zero attached hydrogens (tertiary/aromatic N) is 2. The first-order chi connectivity index (χ1) is 6.20. The molecule has 0 atom stereocenters. The van der Waals surface area contributed by atoms with Crippen LogP contribution in [-0.2, 0) is 0 Å². The van der Waals surface area contributed by atoms with Gasteiger partial charge in [-0.2, -0.15) is 0 Å². The molecule has 4 nitrogen and oxygen atoms in total. The van der Waals surface area contributed by atoms with Crippen molar-refractivity contribution in [2.24, 2.45) is 5.73 Å². The number of amides is 1. The number of pyridine rings is 1. The maximum absolute atomic E-state index is 11.0. The second kappa shape index (κ2) is 2.58. The van der Waals surface area contributed by atoms with Crippen molar-refractivity contribution in [2.75, 3.05) is 0 Å². The number of rotatable bonds is 1. The number of nitrogens with two attached hydrogens (primary N) is 1. The first-order valence-corrected chi connectivity index (χ1v) is 3.87. The summed E-state index contributed by atoms with van der Waals surface area (Å²) < 4.78 is 0. The number of hydrogen-bond donors (Lipinski definition) is 1. The minimum Gasteiger partial charge on any atom is -0.366 e. The molecule has 1 aliphatic heterocycles. The lowest BCUT2D eigenvalue weighted by Gasteiger charge is -2.03. The number of carbonyl (C=O) groups excluding carboxylic acids is 1. The van der Waals surface area contributed by atoms with Gasteiger partial charge in [-0.3, -0.25) is 4.79 Å². The molecule has 1 aliphatic rings. The first-order valence-electron chi connectivity index (χ1n) is 3.87. The maximum atomic E-state index is 11.0. The molecule has 2 N–H and O–H groups in total. The van der Waals surface area contributed by atoms with E-state index in [1.165, 1.54) is 6.20 Å². The van der Waals surface area contributed by atoms with Gasteiger partial charge in [0.2, 0.25) is 5.91 Å². The van der Waals surface area contributed by atoms with Gasteiger partial charge in [0.15, 0.2) is 5.82 Å². The summed E-state index contributed by atoms with van der Waals surface area (Å²) in [5.41, 5.74) is 7.39. The van der Waals surface area contributed by atoms with Gasteiger partial charge < -0.3 is 5.73 Å². The molecule has 0 unspecified atom stereocenters. The third kappa shape index (κ3) is 1.07. The van der Waals surface area contributed by atoms with Gasteiger partial charge >= 0.3 is 0 Å². The van der Waals surface area contributed by atoms with E-state index in [0.717, 1.165) is 11.1 Å². The molecule has 0 bridgehead atoms. The fraction of sp³-hybridized carbons (Fsp3) is 0.111. The number of aromatic nitrogens is 1. The molecule has 1 aromatic rings. The highest BCUT2D eigenvalue weighted by molar-refractivity contribution is 6.00. The number of primary amides is 1. The van der Waals surface area contributed by atoms with Crippen LogP contribution >= 0.6 is 0 Å². The summed E-state index contributed by atoms with van der Waals surface area (Å²) in [6, 6.07) is 1.61. The van der Waals surface area contributed by atoms with Crippen LogP contribution < -0.4 is 11.1 Å². The largest absolute Gasteiger partial charge is 0.366 e. The third-order valence-electron chi connectivity index (χ3n) is 1.97. The van der Waals surface area contributed by atoms with Gasteiger partial charge in [0.1, 0.15) is 0 Å². The van der Waals surface area contributed by atoms with Crippen molar-refractivity contribution < 1.29 is 4.79 Å². The summed E-state index contributed by atoms with van der Waals surface area (Å²) in [6.45, 7) is 1.88. The Balaban J connectivity index is 2.66. The highest BCUT2D eigenvalue weighted by Crippen LogP contribution is 2.30. The van der Waals surface area contributed by atoms with Crippen molar-refractivity contribution >= 4 is 17.3 Å². The Morgan fingerprint density at radius 3 is 3.00 bits per heavy atom. The van der Waals surface area contributed by atoms with Gasteiger partial charge in [-0.1, -0.05) is 0 Å². The molecule has 0 aromatic carbocycles. The van der Waals surface area contributed by atoms with E-state index in [-0.39, 0.29) is 0 Å². The molecule has 0 saturated carbocycles. The van der Waals surface area contributed by atoms with Gasteiger partial charge in [0.25, 0.3) is 0 Å². The van der Waals surface area contributed by atoms with Crippen LogP contribution in [0.1, 0.15) is 22.8 Å². The second-order valence-electron chi connectivity index (χ2n) is 2.86. The Labute approximate surface area is 75.5 Å². The van der Waals surface area contributed by atoms with Crippen LogP contribution in [0.15, 0.2) is 18.5 Å². The lowest BCUT2D eigenvalue weighted by molar-refractivity contribution is 0.1000. The lowest BCUT2D eigenvalue weighted by atomic mass is 10.0. The minimum absolute atomic E-state index is 0.441. The van der Waals surface area contributed by atoms with Gasteiger partial charge in [0.05, 0.1) is 5.56 Å². The molecule has 4 heteroatoms. The van der Waals surface area contributed by atoms with Gasteiger partial charge in [-0.25, -0.2) is 10.3 Å². The molecule has 65 valence electrons. The van der Waals surface area contributed by atoms with Crippen LogP contribution in [-0.4, -0.2) is 10.9 Å². The average Bonchev–Trinajstić information content (AvgIpc) is 2.48. The average molecular weight is 174 g/mol. The summed E-state index contributed by atoms with van der Waals surface area (Å²) in [5.74, 6) is 0.136. The van der Waals surface area contributed by atoms with E-state index in [9.17, 15) is 4.79 Å². The maximum Gasteiger partial charge on any atom is 0.249 e. The number of carbonyl (C=O) groups is 1. The fourth-order valence-corrected chi connectivity index (χ4v) is 1.37. The van der Waals surface area contributed by atoms with Gasteiger partial charge in [-0.05, 0) is 18.6 Å². The molecule has 0 spiro atoms. The first kappa shape index (κ1) is 7.79. The highest BCUT2D eigenvalue weighted by Gasteiger charge is 2.19. The smallest absolute Gasteiger partial charge is 0.249 e. The zero-order valence-corrected chi connectivity index (χ0v) is 7.11. The van der Waals surface area contributed by atoms with Gasteiger partial charge in [-0.15, -0.1) is 0 Å². The van der Waals surface area contributed by atoms with Crippen LogP contribution in [0.25, 0.3) is 5.57 Å². The predicted molar refractivity (Wildman–Crippen MR) is 48.2 cm³/mol. The van der Waals surface area contributed by atoms with Crippen molar-refractivity contribution in [3.05, 3.63) is 29.6 Å². The zero-order valence-electron chi connectivity index (χ0n) is 7.11. The van der Waals surface area contributed by atoms with Crippen LogP contribution in [0.2, 0.25) is 0 Å². The topological polar surface area (TPSA) is 70.1 Å². The van der Waals surface area contributed by atoms with E-state index in [0.29, 0.717) is 11.4 Å². The minimum atomic E-state index is -0.441. The molecular formula is C9H8N3O. The van der Waals surface area contributed by atoms with Crippen LogP contribution in [0.4, 0.5) is 5.82 Å². The zero-order chi connectivity index (χ0) is 9.42. The van der Waals surface area contributed by atoms with Crippen molar-refractivity contribution in [3.63, 3.8) is 0 Å². The predicted octanol–water partition coefficient (Wildman–Crippen LogP) is 0.791. The fourth-order valence-electron chi connectivity index (χ4n) is 1.37. The van der Waals surface area contributed by atoms with E-state index in [2.05, 4.69) is 10.3 Å². The standard InChI is InChI=1S/C9H8N3O/c1-5-4-12-9-7(5)6(8(10)13)2-3-11-9/h2-4H,1H3,(H2,10,13). The number of fused-ring (bicyclic) bond motifs is 1. The van der Waals surface area contributed by atoms with Crippen LogP contribution in [0.3, 0.4) is 0 Å². The van der Waals surface area contributed by atoms with Crippen molar-refractivity contribution in [1.29, 1.82) is 0 Å². The monoisotopic (exact) mass is 174 g/mol. The quantitative estimate of drug-likeness (QED) is 0.683. The third-order valence-corrected chi connectivity index (χ3v) is 1.97. The molecule has 2 rings (SSSR count). The van der Waals surface area contributed by atoms with Crippen molar-refractivity contribution in [3.8, 4) is 0 Å². The summed E-state index contributed by atoms with van der Waals surface area (Å²) in [7, 11) is 0. The van der Waals surface area contributed by atoms with E-state index < -0.39 is 5.91 Å². The lowest BCUT2D eigenvalue weighted by Crippen LogP contribution is -2.13. The van der Waals surface area contributed by atoms with Crippen molar-refractivity contribution in [1.82, 2.24) is 10.3 Å². The SMILES string of the molecule is CC1=C[N]c2nccc(C(N)=O)c21.